The average molecular weight is 128 g/mol. The fourth-order valence-corrected chi connectivity index (χ4v) is 0.254. The molecule has 48 valence electrons. The van der Waals surface area contributed by atoms with E-state index in [1.165, 1.54) is 0 Å². The van der Waals surface area contributed by atoms with Crippen molar-refractivity contribution in [1.82, 2.24) is 0 Å². The summed E-state index contributed by atoms with van der Waals surface area (Å²) in [6, 6.07) is 0. The molecule has 0 saturated heterocycles. The average Bonchev–Trinajstić information content (AvgIpc) is 1.85. The van der Waals surface area contributed by atoms with Crippen molar-refractivity contribution < 1.29 is 19.0 Å². The van der Waals surface area contributed by atoms with E-state index in [0.29, 0.717) is 12.5 Å². The van der Waals surface area contributed by atoms with Gasteiger partial charge in [0.05, 0.1) is 6.42 Å². The van der Waals surface area contributed by atoms with Crippen LogP contribution in [0, 0.1) is 0 Å². The molecule has 0 aliphatic rings. The molecule has 4 nitrogen and oxygen atoms in total. The van der Waals surface area contributed by atoms with E-state index in [9.17, 15) is 14.4 Å². The second-order valence-corrected chi connectivity index (χ2v) is 1.22. The maximum absolute atomic E-state index is 10.2. The predicted octanol–water partition coefficient (Wildman–Crippen LogP) is -1.34. The van der Waals surface area contributed by atoms with Crippen molar-refractivity contribution in [2.45, 2.75) is 6.42 Å². The van der Waals surface area contributed by atoms with Gasteiger partial charge in [0.2, 0.25) is 0 Å². The van der Waals surface area contributed by atoms with E-state index in [0.717, 1.165) is 0 Å². The van der Waals surface area contributed by atoms with E-state index >= 15 is 0 Å². The van der Waals surface area contributed by atoms with Gasteiger partial charge < -0.3 is 14.2 Å². The Hall–Kier alpha value is -1.13. The number of rotatable bonds is 4. The van der Waals surface area contributed by atoms with Crippen LogP contribution < -0.4 is 0 Å². The van der Waals surface area contributed by atoms with Crippen molar-refractivity contribution in [2.75, 3.05) is 0 Å². The second kappa shape index (κ2) is 5.02. The molecule has 0 N–H and O–H groups in total. The lowest BCUT2D eigenvalue weighted by Crippen LogP contribution is -2.09. The SMILES string of the molecule is O=CBOC(=O)CC=O. The van der Waals surface area contributed by atoms with Gasteiger partial charge in [0.1, 0.15) is 12.5 Å². The van der Waals surface area contributed by atoms with E-state index in [1.807, 2.05) is 0 Å². The van der Waals surface area contributed by atoms with Crippen LogP contribution in [-0.2, 0) is 19.0 Å². The van der Waals surface area contributed by atoms with Crippen LogP contribution in [0.25, 0.3) is 0 Å². The summed E-state index contributed by atoms with van der Waals surface area (Å²) in [5, 5.41) is 0. The van der Waals surface area contributed by atoms with Gasteiger partial charge in [-0.2, -0.15) is 0 Å². The fraction of sp³-hybridized carbons (Fsp3) is 0.250. The largest absolute Gasteiger partial charge is 0.531 e. The van der Waals surface area contributed by atoms with Crippen molar-refractivity contribution in [1.29, 1.82) is 0 Å². The molecule has 5 heteroatoms. The van der Waals surface area contributed by atoms with Crippen molar-refractivity contribution >= 4 is 25.9 Å². The Morgan fingerprint density at radius 2 is 2.22 bits per heavy atom. The Bertz CT molecular complexity index is 122. The maximum Gasteiger partial charge on any atom is 0.412 e. The first-order valence-corrected chi connectivity index (χ1v) is 2.34. The highest BCUT2D eigenvalue weighted by atomic mass is 16.5. The molecule has 0 aromatic carbocycles. The first kappa shape index (κ1) is 7.87. The zero-order valence-corrected chi connectivity index (χ0v) is 4.70. The number of carbonyl (C=O) groups excluding carboxylic acids is 3. The van der Waals surface area contributed by atoms with Crippen LogP contribution >= 0.6 is 0 Å². The van der Waals surface area contributed by atoms with Gasteiger partial charge in [-0.15, -0.1) is 0 Å². The van der Waals surface area contributed by atoms with Gasteiger partial charge in [-0.1, -0.05) is 0 Å². The molecule has 0 bridgehead atoms. The molecule has 0 fully saturated rings. The van der Waals surface area contributed by atoms with E-state index in [2.05, 4.69) is 4.65 Å². The Kier molecular flexibility index (Phi) is 4.39. The monoisotopic (exact) mass is 128 g/mol. The molecule has 0 heterocycles. The van der Waals surface area contributed by atoms with Gasteiger partial charge >= 0.3 is 7.48 Å². The van der Waals surface area contributed by atoms with E-state index in [-0.39, 0.29) is 13.9 Å². The van der Waals surface area contributed by atoms with E-state index in [1.54, 1.807) is 0 Å². The van der Waals surface area contributed by atoms with Gasteiger partial charge in [0.25, 0.3) is 5.97 Å². The Balaban J connectivity index is 3.26. The Morgan fingerprint density at radius 3 is 2.67 bits per heavy atom. The highest BCUT2D eigenvalue weighted by molar-refractivity contribution is 6.62. The molecular formula is C4H5BO4. The summed E-state index contributed by atoms with van der Waals surface area (Å²) >= 11 is 0. The zero-order chi connectivity index (χ0) is 7.11. The molecular weight excluding hydrogens is 123 g/mol. The van der Waals surface area contributed by atoms with Crippen LogP contribution in [0.4, 0.5) is 0 Å². The Labute approximate surface area is 52.5 Å². The summed E-state index contributed by atoms with van der Waals surface area (Å²) in [6.07, 6.45) is 0.587. The molecule has 0 radical (unpaired) electrons. The highest BCUT2D eigenvalue weighted by Crippen LogP contribution is 1.77. The number of carbonyl (C=O) groups is 3. The predicted molar refractivity (Wildman–Crippen MR) is 30.7 cm³/mol. The molecule has 9 heavy (non-hydrogen) atoms. The molecule has 0 atom stereocenters. The van der Waals surface area contributed by atoms with Crippen LogP contribution in [0.3, 0.4) is 0 Å². The maximum atomic E-state index is 10.2. The lowest BCUT2D eigenvalue weighted by molar-refractivity contribution is -0.135. The third-order valence-electron chi connectivity index (χ3n) is 0.562. The third-order valence-corrected chi connectivity index (χ3v) is 0.562. The highest BCUT2D eigenvalue weighted by Gasteiger charge is 1.99. The molecule has 0 spiro atoms. The van der Waals surface area contributed by atoms with E-state index < -0.39 is 5.97 Å². The smallest absolute Gasteiger partial charge is 0.412 e. The van der Waals surface area contributed by atoms with E-state index in [4.69, 9.17) is 0 Å². The standard InChI is InChI=1S/C4H5BO4/c6-2-1-4(8)9-5-3-7/h2-3,5H,1H2. The van der Waals surface area contributed by atoms with Crippen molar-refractivity contribution in [3.63, 3.8) is 0 Å². The van der Waals surface area contributed by atoms with Crippen LogP contribution in [0.2, 0.25) is 0 Å². The van der Waals surface area contributed by atoms with Gasteiger partial charge in [-0.3, -0.25) is 4.79 Å². The topological polar surface area (TPSA) is 60.4 Å². The molecule has 0 amide bonds. The van der Waals surface area contributed by atoms with Gasteiger partial charge in [0.15, 0.2) is 0 Å². The zero-order valence-electron chi connectivity index (χ0n) is 4.70. The summed E-state index contributed by atoms with van der Waals surface area (Å²) in [4.78, 5) is 29.3. The number of hydrogen-bond donors (Lipinski definition) is 0. The minimum absolute atomic E-state index is 0.271. The van der Waals surface area contributed by atoms with Crippen molar-refractivity contribution in [2.24, 2.45) is 0 Å². The van der Waals surface area contributed by atoms with Crippen LogP contribution in [0.15, 0.2) is 0 Å². The van der Waals surface area contributed by atoms with Crippen LogP contribution in [0.5, 0.6) is 0 Å². The summed E-state index contributed by atoms with van der Waals surface area (Å²) < 4.78 is 4.19. The lowest BCUT2D eigenvalue weighted by Gasteiger charge is -1.92. The molecule has 0 aromatic rings. The van der Waals surface area contributed by atoms with Crippen molar-refractivity contribution in [3.8, 4) is 0 Å². The summed E-state index contributed by atoms with van der Waals surface area (Å²) in [5.74, 6) is -0.669. The number of aldehydes is 1. The molecule has 0 rings (SSSR count). The summed E-state index contributed by atoms with van der Waals surface area (Å²) in [5.41, 5.74) is 0. The normalized spacial score (nSPS) is 7.56. The minimum Gasteiger partial charge on any atom is -0.531 e. The lowest BCUT2D eigenvalue weighted by atomic mass is 10.1. The van der Waals surface area contributed by atoms with Gasteiger partial charge in [-0.25, -0.2) is 0 Å². The van der Waals surface area contributed by atoms with Gasteiger partial charge in [0, 0.05) is 0 Å². The minimum atomic E-state index is -0.669. The third kappa shape index (κ3) is 4.73. The summed E-state index contributed by atoms with van der Waals surface area (Å²) in [7, 11) is -0.271. The fourth-order valence-electron chi connectivity index (χ4n) is 0.254. The molecule has 0 aliphatic carbocycles. The molecule has 0 saturated carbocycles. The number of hydrogen-bond acceptors (Lipinski definition) is 4. The quantitative estimate of drug-likeness (QED) is 0.267. The Morgan fingerprint density at radius 1 is 1.56 bits per heavy atom. The van der Waals surface area contributed by atoms with Crippen LogP contribution in [-0.4, -0.2) is 25.9 Å². The first-order valence-electron chi connectivity index (χ1n) is 2.34. The van der Waals surface area contributed by atoms with Crippen LogP contribution in [0.1, 0.15) is 6.42 Å². The molecule has 0 aliphatic heterocycles. The second-order valence-electron chi connectivity index (χ2n) is 1.22. The van der Waals surface area contributed by atoms with Gasteiger partial charge in [-0.05, 0) is 0 Å². The first-order chi connectivity index (χ1) is 4.31. The molecule has 0 aromatic heterocycles. The summed E-state index contributed by atoms with van der Waals surface area (Å²) in [6.45, 7) is 0. The molecule has 0 unspecified atom stereocenters. The van der Waals surface area contributed by atoms with Crippen molar-refractivity contribution in [3.05, 3.63) is 0 Å².